The highest BCUT2D eigenvalue weighted by Crippen LogP contribution is 2.28. The number of hydrogen-bond acceptors (Lipinski definition) is 2. The van der Waals surface area contributed by atoms with Gasteiger partial charge in [0.15, 0.2) is 5.78 Å². The van der Waals surface area contributed by atoms with Crippen LogP contribution < -0.4 is 0 Å². The van der Waals surface area contributed by atoms with Gasteiger partial charge in [-0.15, -0.1) is 0 Å². The van der Waals surface area contributed by atoms with Crippen molar-refractivity contribution in [3.63, 3.8) is 0 Å². The second-order valence-electron chi connectivity index (χ2n) is 5.64. The zero-order valence-corrected chi connectivity index (χ0v) is 11.6. The Hall–Kier alpha value is -1.90. The van der Waals surface area contributed by atoms with Crippen molar-refractivity contribution in [1.29, 1.82) is 0 Å². The first-order valence-corrected chi connectivity index (χ1v) is 6.74. The van der Waals surface area contributed by atoms with E-state index in [1.807, 2.05) is 4.68 Å². The lowest BCUT2D eigenvalue weighted by atomic mass is 9.88. The van der Waals surface area contributed by atoms with Gasteiger partial charge in [0.2, 0.25) is 0 Å². The molecular weight excluding hydrogens is 236 g/mol. The molecule has 1 aromatic heterocycles. The number of carbonyl (C=O) groups is 1. The maximum atomic E-state index is 12.0. The van der Waals surface area contributed by atoms with Gasteiger partial charge in [-0.2, -0.15) is 5.10 Å². The molecule has 3 nitrogen and oxygen atoms in total. The molecule has 0 unspecified atom stereocenters. The molecule has 19 heavy (non-hydrogen) atoms. The molecule has 0 bridgehead atoms. The fourth-order valence-electron chi connectivity index (χ4n) is 2.88. The molecule has 3 rings (SSSR count). The molecule has 0 amide bonds. The third-order valence-corrected chi connectivity index (χ3v) is 3.83. The molecule has 1 aliphatic carbocycles. The average Bonchev–Trinajstić information content (AvgIpc) is 2.73. The summed E-state index contributed by atoms with van der Waals surface area (Å²) in [5.74, 6) is 0.631. The van der Waals surface area contributed by atoms with Gasteiger partial charge in [0.25, 0.3) is 0 Å². The van der Waals surface area contributed by atoms with E-state index in [1.54, 1.807) is 6.20 Å². The van der Waals surface area contributed by atoms with Gasteiger partial charge in [0.1, 0.15) is 0 Å². The monoisotopic (exact) mass is 254 g/mol. The standard InChI is InChI=1S/C16H18N2O/c1-10-4-5-14(12(3)6-10)18-15-7-11(2)8-16(19)13(15)9-17-18/h4-6,9,11H,7-8H2,1-3H3/t11-/m0/s1. The summed E-state index contributed by atoms with van der Waals surface area (Å²) in [5, 5.41) is 4.44. The first kappa shape index (κ1) is 12.2. The molecular formula is C16H18N2O. The summed E-state index contributed by atoms with van der Waals surface area (Å²) < 4.78 is 1.94. The zero-order valence-electron chi connectivity index (χ0n) is 11.6. The molecule has 0 N–H and O–H groups in total. The molecule has 0 spiro atoms. The molecule has 0 saturated carbocycles. The molecule has 0 fully saturated rings. The Balaban J connectivity index is 2.14. The first-order valence-electron chi connectivity index (χ1n) is 6.74. The Morgan fingerprint density at radius 2 is 2.05 bits per heavy atom. The number of carbonyl (C=O) groups excluding carboxylic acids is 1. The van der Waals surface area contributed by atoms with Gasteiger partial charge < -0.3 is 0 Å². The smallest absolute Gasteiger partial charge is 0.166 e. The summed E-state index contributed by atoms with van der Waals surface area (Å²) >= 11 is 0. The van der Waals surface area contributed by atoms with E-state index in [0.717, 1.165) is 23.4 Å². The number of Topliss-reactive ketones (excluding diaryl/α,β-unsaturated/α-hetero) is 1. The Morgan fingerprint density at radius 1 is 1.26 bits per heavy atom. The van der Waals surface area contributed by atoms with Crippen molar-refractivity contribution in [2.75, 3.05) is 0 Å². The largest absolute Gasteiger partial charge is 0.294 e. The second-order valence-corrected chi connectivity index (χ2v) is 5.64. The van der Waals surface area contributed by atoms with Gasteiger partial charge in [0, 0.05) is 6.42 Å². The van der Waals surface area contributed by atoms with Crippen molar-refractivity contribution >= 4 is 5.78 Å². The summed E-state index contributed by atoms with van der Waals surface area (Å²) in [4.78, 5) is 12.0. The molecule has 2 aromatic rings. The maximum Gasteiger partial charge on any atom is 0.166 e. The zero-order chi connectivity index (χ0) is 13.6. The Kier molecular flexibility index (Phi) is 2.77. The fraction of sp³-hybridized carbons (Fsp3) is 0.375. The predicted octanol–water partition coefficient (Wildman–Crippen LogP) is 3.25. The van der Waals surface area contributed by atoms with Crippen molar-refractivity contribution in [3.8, 4) is 5.69 Å². The quantitative estimate of drug-likeness (QED) is 0.783. The van der Waals surface area contributed by atoms with E-state index in [9.17, 15) is 4.79 Å². The fourth-order valence-corrected chi connectivity index (χ4v) is 2.88. The van der Waals surface area contributed by atoms with Gasteiger partial charge in [-0.3, -0.25) is 4.79 Å². The summed E-state index contributed by atoms with van der Waals surface area (Å²) in [7, 11) is 0. The van der Waals surface area contributed by atoms with E-state index >= 15 is 0 Å². The minimum atomic E-state index is 0.227. The summed E-state index contributed by atoms with van der Waals surface area (Å²) in [5.41, 5.74) is 5.38. The molecule has 98 valence electrons. The summed E-state index contributed by atoms with van der Waals surface area (Å²) in [6, 6.07) is 6.32. The van der Waals surface area contributed by atoms with Gasteiger partial charge in [-0.25, -0.2) is 4.68 Å². The average molecular weight is 254 g/mol. The van der Waals surface area contributed by atoms with Crippen LogP contribution in [0.4, 0.5) is 0 Å². The van der Waals surface area contributed by atoms with Crippen LogP contribution >= 0.6 is 0 Å². The number of aryl methyl sites for hydroxylation is 2. The minimum absolute atomic E-state index is 0.227. The van der Waals surface area contributed by atoms with E-state index in [0.29, 0.717) is 12.3 Å². The number of fused-ring (bicyclic) bond motifs is 1. The predicted molar refractivity (Wildman–Crippen MR) is 74.9 cm³/mol. The van der Waals surface area contributed by atoms with Crippen LogP contribution in [0.15, 0.2) is 24.4 Å². The maximum absolute atomic E-state index is 12.0. The molecule has 1 heterocycles. The Bertz CT molecular complexity index is 655. The second kappa shape index (κ2) is 4.34. The molecule has 1 atom stereocenters. The lowest BCUT2D eigenvalue weighted by Gasteiger charge is -2.19. The SMILES string of the molecule is Cc1ccc(-n2ncc3c2C[C@H](C)CC3=O)c(C)c1. The highest BCUT2D eigenvalue weighted by molar-refractivity contribution is 5.98. The van der Waals surface area contributed by atoms with E-state index in [4.69, 9.17) is 0 Å². The topological polar surface area (TPSA) is 34.9 Å². The van der Waals surface area contributed by atoms with Crippen LogP contribution in [0.5, 0.6) is 0 Å². The van der Waals surface area contributed by atoms with E-state index in [1.165, 1.54) is 11.1 Å². The van der Waals surface area contributed by atoms with Crippen LogP contribution in [0, 0.1) is 19.8 Å². The van der Waals surface area contributed by atoms with E-state index in [2.05, 4.69) is 44.1 Å². The lowest BCUT2D eigenvalue weighted by molar-refractivity contribution is 0.0952. The molecule has 0 radical (unpaired) electrons. The van der Waals surface area contributed by atoms with Crippen molar-refractivity contribution in [1.82, 2.24) is 9.78 Å². The summed E-state index contributed by atoms with van der Waals surface area (Å²) in [6.45, 7) is 6.30. The van der Waals surface area contributed by atoms with Gasteiger partial charge in [0.05, 0.1) is 23.1 Å². The van der Waals surface area contributed by atoms with Gasteiger partial charge in [-0.05, 0) is 37.8 Å². The van der Waals surface area contributed by atoms with E-state index < -0.39 is 0 Å². The molecule has 1 aromatic carbocycles. The molecule has 1 aliphatic rings. The molecule has 3 heteroatoms. The lowest BCUT2D eigenvalue weighted by Crippen LogP contribution is -2.19. The minimum Gasteiger partial charge on any atom is -0.294 e. The summed E-state index contributed by atoms with van der Waals surface area (Å²) in [6.07, 6.45) is 3.29. The number of aromatic nitrogens is 2. The highest BCUT2D eigenvalue weighted by atomic mass is 16.1. The van der Waals surface area contributed by atoms with Crippen molar-refractivity contribution in [3.05, 3.63) is 46.8 Å². The van der Waals surface area contributed by atoms with E-state index in [-0.39, 0.29) is 5.78 Å². The Morgan fingerprint density at radius 3 is 2.79 bits per heavy atom. The molecule has 0 aliphatic heterocycles. The number of nitrogens with zero attached hydrogens (tertiary/aromatic N) is 2. The van der Waals surface area contributed by atoms with Crippen molar-refractivity contribution < 1.29 is 4.79 Å². The number of rotatable bonds is 1. The number of hydrogen-bond donors (Lipinski definition) is 0. The number of benzene rings is 1. The Labute approximate surface area is 113 Å². The third-order valence-electron chi connectivity index (χ3n) is 3.83. The van der Waals surface area contributed by atoms with Gasteiger partial charge >= 0.3 is 0 Å². The van der Waals surface area contributed by atoms with Crippen LogP contribution in [0.3, 0.4) is 0 Å². The van der Waals surface area contributed by atoms with Gasteiger partial charge in [-0.1, -0.05) is 24.6 Å². The van der Waals surface area contributed by atoms with Crippen LogP contribution in [0.25, 0.3) is 5.69 Å². The normalized spacial score (nSPS) is 18.5. The third kappa shape index (κ3) is 1.99. The first-order chi connectivity index (χ1) is 9.06. The molecule has 0 saturated heterocycles. The van der Waals surface area contributed by atoms with Crippen LogP contribution in [0.2, 0.25) is 0 Å². The highest BCUT2D eigenvalue weighted by Gasteiger charge is 2.26. The van der Waals surface area contributed by atoms with Crippen LogP contribution in [-0.2, 0) is 6.42 Å². The van der Waals surface area contributed by atoms with Crippen molar-refractivity contribution in [2.45, 2.75) is 33.6 Å². The number of ketones is 1. The van der Waals surface area contributed by atoms with Crippen molar-refractivity contribution in [2.24, 2.45) is 5.92 Å². The van der Waals surface area contributed by atoms with Crippen LogP contribution in [-0.4, -0.2) is 15.6 Å². The van der Waals surface area contributed by atoms with Crippen LogP contribution in [0.1, 0.15) is 40.5 Å².